The zero-order valence-corrected chi connectivity index (χ0v) is 26.9. The number of ether oxygens (including phenoxy) is 4. The number of aliphatic hydroxyl groups excluding tert-OH is 1. The van der Waals surface area contributed by atoms with Crippen molar-refractivity contribution in [3.8, 4) is 0 Å². The molecular weight excluding hydrogens is 562 g/mol. The highest BCUT2D eigenvalue weighted by atomic mass is 16.6. The predicted octanol–water partition coefficient (Wildman–Crippen LogP) is 5.83. The molecule has 0 saturated carbocycles. The molecule has 9 atom stereocenters. The molecule has 1 aromatic rings. The number of rotatable bonds is 7. The van der Waals surface area contributed by atoms with Crippen LogP contribution >= 0.6 is 0 Å². The zero-order valence-electron chi connectivity index (χ0n) is 26.9. The fourth-order valence-corrected chi connectivity index (χ4v) is 6.11. The molecular formula is C35H47NO8. The highest BCUT2D eigenvalue weighted by Crippen LogP contribution is 2.43. The molecule has 1 N–H and O–H groups in total. The number of cyclic esters (lactones) is 1. The van der Waals surface area contributed by atoms with Crippen molar-refractivity contribution >= 4 is 18.0 Å². The van der Waals surface area contributed by atoms with Crippen LogP contribution in [-0.4, -0.2) is 65.3 Å². The molecule has 2 unspecified atom stereocenters. The van der Waals surface area contributed by atoms with Crippen molar-refractivity contribution in [2.24, 2.45) is 17.8 Å². The Bertz CT molecular complexity index is 1320. The minimum Gasteiger partial charge on any atom is -0.462 e. The quantitative estimate of drug-likeness (QED) is 0.176. The number of allylic oxidation sites excluding steroid dienone is 5. The maximum Gasteiger partial charge on any atom is 0.330 e. The second-order valence-electron chi connectivity index (χ2n) is 12.6. The van der Waals surface area contributed by atoms with E-state index < -0.39 is 23.8 Å². The van der Waals surface area contributed by atoms with E-state index in [9.17, 15) is 14.7 Å². The summed E-state index contributed by atoms with van der Waals surface area (Å²) in [7, 11) is 1.63. The molecule has 9 heteroatoms. The van der Waals surface area contributed by atoms with E-state index in [0.29, 0.717) is 25.2 Å². The van der Waals surface area contributed by atoms with E-state index in [1.807, 2.05) is 71.1 Å². The number of aliphatic hydroxyl groups is 1. The number of aromatic nitrogens is 1. The molecule has 4 rings (SSSR count). The van der Waals surface area contributed by atoms with Gasteiger partial charge in [-0.2, -0.15) is 0 Å². The molecule has 44 heavy (non-hydrogen) atoms. The summed E-state index contributed by atoms with van der Waals surface area (Å²) in [5, 5.41) is 11.3. The number of oxazole rings is 1. The van der Waals surface area contributed by atoms with Crippen LogP contribution in [0.3, 0.4) is 0 Å². The molecule has 0 aliphatic carbocycles. The monoisotopic (exact) mass is 609 g/mol. The number of esters is 2. The lowest BCUT2D eigenvalue weighted by atomic mass is 9.85. The van der Waals surface area contributed by atoms with Gasteiger partial charge in [0.25, 0.3) is 0 Å². The van der Waals surface area contributed by atoms with Crippen molar-refractivity contribution < 1.29 is 38.1 Å². The van der Waals surface area contributed by atoms with Crippen LogP contribution in [0, 0.1) is 24.7 Å². The highest BCUT2D eigenvalue weighted by Gasteiger charge is 2.57. The molecule has 0 aromatic carbocycles. The number of hydrogen-bond donors (Lipinski definition) is 1. The number of nitrogens with zero attached hydrogens (tertiary/aromatic N) is 1. The first kappa shape index (κ1) is 33.6. The van der Waals surface area contributed by atoms with Gasteiger partial charge in [-0.15, -0.1) is 0 Å². The lowest BCUT2D eigenvalue weighted by Gasteiger charge is -2.32. The summed E-state index contributed by atoms with van der Waals surface area (Å²) >= 11 is 0. The highest BCUT2D eigenvalue weighted by molar-refractivity contribution is 5.82. The second kappa shape index (κ2) is 14.7. The molecule has 3 aliphatic rings. The molecule has 0 amide bonds. The minimum atomic E-state index is -0.892. The first-order valence-electron chi connectivity index (χ1n) is 15.5. The molecule has 4 heterocycles. The maximum absolute atomic E-state index is 13.0. The smallest absolute Gasteiger partial charge is 0.330 e. The number of carbonyl (C=O) groups excluding carboxylic acids is 2. The zero-order chi connectivity index (χ0) is 32.0. The normalized spacial score (nSPS) is 34.9. The van der Waals surface area contributed by atoms with Crippen LogP contribution in [0.15, 0.2) is 64.4 Å². The van der Waals surface area contributed by atoms with E-state index >= 15 is 0 Å². The topological polar surface area (TPSA) is 121 Å². The maximum atomic E-state index is 13.0. The van der Waals surface area contributed by atoms with E-state index in [2.05, 4.69) is 4.98 Å². The third kappa shape index (κ3) is 8.67. The van der Waals surface area contributed by atoms with Gasteiger partial charge in [0.2, 0.25) is 0 Å². The van der Waals surface area contributed by atoms with Crippen LogP contribution in [0.25, 0.3) is 6.08 Å². The summed E-state index contributed by atoms with van der Waals surface area (Å²) in [4.78, 5) is 29.6. The number of fused-ring (bicyclic) bond motifs is 3. The van der Waals surface area contributed by atoms with Crippen LogP contribution in [0.2, 0.25) is 0 Å². The van der Waals surface area contributed by atoms with E-state index in [0.717, 1.165) is 16.8 Å². The predicted molar refractivity (Wildman–Crippen MR) is 166 cm³/mol. The Kier molecular flexibility index (Phi) is 11.2. The SMILES string of the molecule is CO[C@@H](/C(C)=C/C=C/C(C)=C/c1coc(C)n1)[C@@H](C)C1C[C@H](O)C2(C)O[C@@H]2/C=C/[C@@H](C)[C@H]2C[C@@H](C/C=C/C(=O)O1)CC(=O)O2. The minimum absolute atomic E-state index is 0.000898. The molecule has 0 spiro atoms. The van der Waals surface area contributed by atoms with Crippen molar-refractivity contribution in [3.05, 3.63) is 71.5 Å². The number of carbonyl (C=O) groups is 2. The molecule has 240 valence electrons. The van der Waals surface area contributed by atoms with Gasteiger partial charge in [-0.25, -0.2) is 9.78 Å². The standard InChI is InChI=1S/C35H47NO8/c1-21(16-27-20-41-25(5)36-27)10-8-11-23(3)34(40-7)24(4)29-19-30(37)35(6)31(44-35)15-14-22(2)28-17-26(18-33(39)42-28)12-9-13-32(38)43-29/h8-11,13-16,20,22,24,26,28-31,34,37H,12,17-19H2,1-7H3/b10-8+,13-9+,15-14+,21-16+,23-11+/t22-,24+,26-,28-,29?,30+,31-,34+,35?/m1/s1. The second-order valence-corrected chi connectivity index (χ2v) is 12.6. The summed E-state index contributed by atoms with van der Waals surface area (Å²) in [6.45, 7) is 11.6. The summed E-state index contributed by atoms with van der Waals surface area (Å²) in [6, 6.07) is 0. The van der Waals surface area contributed by atoms with Crippen molar-refractivity contribution in [2.75, 3.05) is 7.11 Å². The molecule has 2 fully saturated rings. The van der Waals surface area contributed by atoms with Gasteiger partial charge < -0.3 is 28.5 Å². The van der Waals surface area contributed by atoms with E-state index in [1.165, 1.54) is 6.08 Å². The van der Waals surface area contributed by atoms with Gasteiger partial charge in [0, 0.05) is 44.8 Å². The Balaban J connectivity index is 1.51. The van der Waals surface area contributed by atoms with Crippen molar-refractivity contribution in [1.82, 2.24) is 4.98 Å². The summed E-state index contributed by atoms with van der Waals surface area (Å²) in [5.74, 6) is -0.299. The first-order valence-corrected chi connectivity index (χ1v) is 15.5. The van der Waals surface area contributed by atoms with Gasteiger partial charge in [-0.3, -0.25) is 4.79 Å². The Hall–Kier alpha value is -3.27. The van der Waals surface area contributed by atoms with Gasteiger partial charge in [0.05, 0.1) is 12.2 Å². The van der Waals surface area contributed by atoms with E-state index in [-0.39, 0.29) is 48.5 Å². The fourth-order valence-electron chi connectivity index (χ4n) is 6.11. The third-order valence-electron chi connectivity index (χ3n) is 8.97. The van der Waals surface area contributed by atoms with Crippen LogP contribution in [0.5, 0.6) is 0 Å². The fraction of sp³-hybridized carbons (Fsp3) is 0.571. The molecule has 3 aliphatic heterocycles. The Morgan fingerprint density at radius 3 is 2.68 bits per heavy atom. The van der Waals surface area contributed by atoms with Crippen molar-refractivity contribution in [1.29, 1.82) is 0 Å². The van der Waals surface area contributed by atoms with Crippen molar-refractivity contribution in [2.45, 2.75) is 103 Å². The van der Waals surface area contributed by atoms with Crippen molar-refractivity contribution in [3.63, 3.8) is 0 Å². The number of epoxide rings is 1. The van der Waals surface area contributed by atoms with E-state index in [1.54, 1.807) is 26.4 Å². The van der Waals surface area contributed by atoms with Gasteiger partial charge in [0.15, 0.2) is 5.89 Å². The molecule has 9 nitrogen and oxygen atoms in total. The van der Waals surface area contributed by atoms with E-state index in [4.69, 9.17) is 23.4 Å². The summed E-state index contributed by atoms with van der Waals surface area (Å²) < 4.78 is 28.7. The Labute approximate surface area is 260 Å². The lowest BCUT2D eigenvalue weighted by molar-refractivity contribution is -0.158. The summed E-state index contributed by atoms with van der Waals surface area (Å²) in [6.07, 6.45) is 15.9. The van der Waals surface area contributed by atoms with Gasteiger partial charge in [0.1, 0.15) is 35.9 Å². The van der Waals surface area contributed by atoms with Crippen LogP contribution in [-0.2, 0) is 28.5 Å². The molecule has 2 saturated heterocycles. The molecule has 2 bridgehead atoms. The van der Waals surface area contributed by atoms with Gasteiger partial charge in [-0.05, 0) is 56.8 Å². The Morgan fingerprint density at radius 1 is 1.20 bits per heavy atom. The Morgan fingerprint density at radius 2 is 1.98 bits per heavy atom. The largest absolute Gasteiger partial charge is 0.462 e. The average Bonchev–Trinajstić information content (AvgIpc) is 3.47. The molecule has 1 aromatic heterocycles. The van der Waals surface area contributed by atoms with Gasteiger partial charge >= 0.3 is 11.9 Å². The molecule has 0 radical (unpaired) electrons. The summed E-state index contributed by atoms with van der Waals surface area (Å²) in [5.41, 5.74) is 1.88. The number of methoxy groups -OCH3 is 1. The van der Waals surface area contributed by atoms with Crippen LogP contribution in [0.4, 0.5) is 0 Å². The number of hydrogen-bond acceptors (Lipinski definition) is 9. The van der Waals surface area contributed by atoms with Crippen LogP contribution in [0.1, 0.15) is 71.9 Å². The third-order valence-corrected chi connectivity index (χ3v) is 8.97. The first-order chi connectivity index (χ1) is 20.9. The number of aryl methyl sites for hydroxylation is 1. The lowest BCUT2D eigenvalue weighted by Crippen LogP contribution is -2.41. The van der Waals surface area contributed by atoms with Crippen LogP contribution < -0.4 is 0 Å². The van der Waals surface area contributed by atoms with Gasteiger partial charge in [-0.1, -0.05) is 50.3 Å². The average molecular weight is 610 g/mol.